The molecule has 5 heteroatoms. The molecule has 0 aromatic heterocycles. The van der Waals surface area contributed by atoms with Gasteiger partial charge in [-0.15, -0.1) is 24.0 Å². The first-order valence-corrected chi connectivity index (χ1v) is 9.00. The van der Waals surface area contributed by atoms with Crippen LogP contribution in [-0.2, 0) is 6.54 Å². The Labute approximate surface area is 173 Å². The molecule has 2 atom stereocenters. The Balaban J connectivity index is 0.00000243. The smallest absolute Gasteiger partial charge is 0.191 e. The second-order valence-electron chi connectivity index (χ2n) is 6.40. The average molecular weight is 465 g/mol. The van der Waals surface area contributed by atoms with Gasteiger partial charge in [-0.25, -0.2) is 4.99 Å². The predicted molar refractivity (Wildman–Crippen MR) is 119 cm³/mol. The van der Waals surface area contributed by atoms with Crippen LogP contribution in [0.3, 0.4) is 0 Å². The van der Waals surface area contributed by atoms with E-state index in [1.54, 1.807) is 7.11 Å². The Kier molecular flexibility index (Phi) is 8.22. The number of halogens is 1. The van der Waals surface area contributed by atoms with Crippen molar-refractivity contribution in [2.75, 3.05) is 20.2 Å². The van der Waals surface area contributed by atoms with E-state index < -0.39 is 0 Å². The molecule has 0 aliphatic heterocycles. The minimum absolute atomic E-state index is 0. The van der Waals surface area contributed by atoms with E-state index in [-0.39, 0.29) is 24.0 Å². The number of guanidine groups is 1. The van der Waals surface area contributed by atoms with Gasteiger partial charge in [0.15, 0.2) is 5.96 Å². The van der Waals surface area contributed by atoms with Crippen molar-refractivity contribution in [2.24, 2.45) is 10.9 Å². The highest BCUT2D eigenvalue weighted by atomic mass is 127. The predicted octanol–water partition coefficient (Wildman–Crippen LogP) is 4.17. The van der Waals surface area contributed by atoms with Crippen molar-refractivity contribution in [3.63, 3.8) is 0 Å². The van der Waals surface area contributed by atoms with Crippen molar-refractivity contribution < 1.29 is 4.74 Å². The summed E-state index contributed by atoms with van der Waals surface area (Å²) >= 11 is 0. The fraction of sp³-hybridized carbons (Fsp3) is 0.381. The van der Waals surface area contributed by atoms with Crippen LogP contribution in [0.5, 0.6) is 5.75 Å². The summed E-state index contributed by atoms with van der Waals surface area (Å²) in [6.45, 7) is 4.50. The second-order valence-corrected chi connectivity index (χ2v) is 6.40. The molecular formula is C21H28IN3O. The topological polar surface area (TPSA) is 45.7 Å². The van der Waals surface area contributed by atoms with Crippen LogP contribution in [0.15, 0.2) is 59.6 Å². The van der Waals surface area contributed by atoms with Crippen LogP contribution < -0.4 is 15.4 Å². The first-order chi connectivity index (χ1) is 12.3. The largest absolute Gasteiger partial charge is 0.496 e. The summed E-state index contributed by atoms with van der Waals surface area (Å²) in [6, 6.07) is 18.8. The van der Waals surface area contributed by atoms with E-state index in [1.165, 1.54) is 12.0 Å². The molecule has 1 aliphatic rings. The van der Waals surface area contributed by atoms with Crippen molar-refractivity contribution in [1.29, 1.82) is 0 Å². The van der Waals surface area contributed by atoms with E-state index in [0.717, 1.165) is 30.4 Å². The summed E-state index contributed by atoms with van der Waals surface area (Å²) in [5.41, 5.74) is 2.54. The summed E-state index contributed by atoms with van der Waals surface area (Å²) in [5.74, 6) is 3.13. The van der Waals surface area contributed by atoms with E-state index in [0.29, 0.717) is 18.4 Å². The number of hydrogen-bond donors (Lipinski definition) is 2. The number of ether oxygens (including phenoxy) is 1. The zero-order valence-corrected chi connectivity index (χ0v) is 17.8. The van der Waals surface area contributed by atoms with Crippen LogP contribution in [0.2, 0.25) is 0 Å². The van der Waals surface area contributed by atoms with Crippen molar-refractivity contribution in [3.05, 3.63) is 65.7 Å². The molecule has 0 saturated heterocycles. The van der Waals surface area contributed by atoms with Gasteiger partial charge in [0.25, 0.3) is 0 Å². The van der Waals surface area contributed by atoms with Crippen LogP contribution >= 0.6 is 24.0 Å². The van der Waals surface area contributed by atoms with Gasteiger partial charge in [0.1, 0.15) is 5.75 Å². The molecule has 0 amide bonds. The van der Waals surface area contributed by atoms with Gasteiger partial charge in [-0.3, -0.25) is 0 Å². The van der Waals surface area contributed by atoms with Crippen molar-refractivity contribution in [3.8, 4) is 5.75 Å². The molecule has 4 nitrogen and oxygen atoms in total. The summed E-state index contributed by atoms with van der Waals surface area (Å²) in [7, 11) is 1.70. The van der Waals surface area contributed by atoms with Crippen LogP contribution in [0.1, 0.15) is 30.4 Å². The first kappa shape index (κ1) is 20.6. The molecule has 2 unspecified atom stereocenters. The Bertz CT molecular complexity index is 705. The Morgan fingerprint density at radius 1 is 1.08 bits per heavy atom. The van der Waals surface area contributed by atoms with E-state index in [1.807, 2.05) is 18.2 Å². The van der Waals surface area contributed by atoms with E-state index in [9.17, 15) is 0 Å². The maximum atomic E-state index is 5.40. The molecule has 0 bridgehead atoms. The number of rotatable bonds is 7. The molecular weight excluding hydrogens is 437 g/mol. The lowest BCUT2D eigenvalue weighted by Gasteiger charge is -2.12. The quantitative estimate of drug-likeness (QED) is 0.367. The number of para-hydroxylation sites is 1. The summed E-state index contributed by atoms with van der Waals surface area (Å²) in [4.78, 5) is 4.70. The van der Waals surface area contributed by atoms with Crippen LogP contribution in [0.4, 0.5) is 0 Å². The molecule has 0 radical (unpaired) electrons. The summed E-state index contributed by atoms with van der Waals surface area (Å²) < 4.78 is 5.40. The zero-order chi connectivity index (χ0) is 17.5. The number of nitrogens with zero attached hydrogens (tertiary/aromatic N) is 1. The Morgan fingerprint density at radius 2 is 1.81 bits per heavy atom. The molecule has 1 fully saturated rings. The molecule has 0 spiro atoms. The average Bonchev–Trinajstić information content (AvgIpc) is 3.44. The maximum absolute atomic E-state index is 5.40. The van der Waals surface area contributed by atoms with Crippen LogP contribution in [-0.4, -0.2) is 26.2 Å². The van der Waals surface area contributed by atoms with E-state index in [2.05, 4.69) is 54.0 Å². The lowest BCUT2D eigenvalue weighted by atomic mass is 10.1. The monoisotopic (exact) mass is 465 g/mol. The highest BCUT2D eigenvalue weighted by Gasteiger charge is 2.37. The molecule has 0 heterocycles. The fourth-order valence-corrected chi connectivity index (χ4v) is 3.15. The minimum atomic E-state index is 0. The molecule has 1 saturated carbocycles. The van der Waals surface area contributed by atoms with Crippen molar-refractivity contribution >= 4 is 29.9 Å². The van der Waals surface area contributed by atoms with Crippen LogP contribution in [0, 0.1) is 5.92 Å². The fourth-order valence-electron chi connectivity index (χ4n) is 3.15. The molecule has 26 heavy (non-hydrogen) atoms. The number of aliphatic imine (C=N–C) groups is 1. The lowest BCUT2D eigenvalue weighted by molar-refractivity contribution is 0.410. The normalized spacial score (nSPS) is 18.6. The van der Waals surface area contributed by atoms with Gasteiger partial charge in [-0.1, -0.05) is 48.5 Å². The number of methoxy groups -OCH3 is 1. The maximum Gasteiger partial charge on any atom is 0.191 e. The number of nitrogens with one attached hydrogen (secondary N) is 2. The van der Waals surface area contributed by atoms with Gasteiger partial charge in [0.05, 0.1) is 13.7 Å². The van der Waals surface area contributed by atoms with Crippen LogP contribution in [0.25, 0.3) is 0 Å². The van der Waals surface area contributed by atoms with Gasteiger partial charge in [0, 0.05) is 18.7 Å². The van der Waals surface area contributed by atoms with Gasteiger partial charge < -0.3 is 15.4 Å². The van der Waals surface area contributed by atoms with Gasteiger partial charge >= 0.3 is 0 Å². The Hall–Kier alpha value is -1.76. The highest BCUT2D eigenvalue weighted by molar-refractivity contribution is 14.0. The minimum Gasteiger partial charge on any atom is -0.496 e. The third kappa shape index (κ3) is 5.62. The number of hydrogen-bond acceptors (Lipinski definition) is 2. The standard InChI is InChI=1S/C21H27N3O.HI/c1-3-22-21(23-14-17-11-7-8-12-20(17)25-2)24-15-18-13-19(18)16-9-5-4-6-10-16;/h4-12,18-19H,3,13-15H2,1-2H3,(H2,22,23,24);1H. The van der Waals surface area contributed by atoms with Gasteiger partial charge in [-0.05, 0) is 36.8 Å². The molecule has 1 aliphatic carbocycles. The Morgan fingerprint density at radius 3 is 2.54 bits per heavy atom. The first-order valence-electron chi connectivity index (χ1n) is 9.00. The zero-order valence-electron chi connectivity index (χ0n) is 15.4. The number of benzene rings is 2. The summed E-state index contributed by atoms with van der Waals surface area (Å²) in [5, 5.41) is 6.81. The summed E-state index contributed by atoms with van der Waals surface area (Å²) in [6.07, 6.45) is 1.25. The molecule has 140 valence electrons. The molecule has 2 aromatic carbocycles. The van der Waals surface area contributed by atoms with Gasteiger partial charge in [0.2, 0.25) is 0 Å². The van der Waals surface area contributed by atoms with Gasteiger partial charge in [-0.2, -0.15) is 0 Å². The third-order valence-corrected chi connectivity index (χ3v) is 4.63. The van der Waals surface area contributed by atoms with Crippen molar-refractivity contribution in [1.82, 2.24) is 10.6 Å². The molecule has 2 aromatic rings. The molecule has 3 rings (SSSR count). The third-order valence-electron chi connectivity index (χ3n) is 4.63. The van der Waals surface area contributed by atoms with Crippen molar-refractivity contribution in [2.45, 2.75) is 25.8 Å². The lowest BCUT2D eigenvalue weighted by Crippen LogP contribution is -2.38. The van der Waals surface area contributed by atoms with E-state index >= 15 is 0 Å². The highest BCUT2D eigenvalue weighted by Crippen LogP contribution is 2.46. The SMILES string of the molecule is CCNC(=NCc1ccccc1OC)NCC1CC1c1ccccc1.I. The van der Waals surface area contributed by atoms with E-state index in [4.69, 9.17) is 9.73 Å². The second kappa shape index (κ2) is 10.4. The molecule has 2 N–H and O–H groups in total.